The van der Waals surface area contributed by atoms with Gasteiger partial charge in [0.15, 0.2) is 18.1 Å². The number of carbonyl (C=O) groups is 1. The maximum atomic E-state index is 10.5. The van der Waals surface area contributed by atoms with Crippen molar-refractivity contribution in [3.63, 3.8) is 0 Å². The molecule has 0 aliphatic heterocycles. The average Bonchev–Trinajstić information content (AvgIpc) is 2.36. The smallest absolute Gasteiger partial charge is 0.328 e. The molecule has 100 valence electrons. The summed E-state index contributed by atoms with van der Waals surface area (Å²) in [6.07, 6.45) is 2.48. The normalized spacial score (nSPS) is 10.2. The van der Waals surface area contributed by atoms with Crippen molar-refractivity contribution in [3.8, 4) is 17.6 Å². The van der Waals surface area contributed by atoms with Gasteiger partial charge >= 0.3 is 5.97 Å². The highest BCUT2D eigenvalue weighted by Crippen LogP contribution is 2.37. The molecule has 0 atom stereocenters. The van der Waals surface area contributed by atoms with Crippen LogP contribution < -0.4 is 9.47 Å². The van der Waals surface area contributed by atoms with Gasteiger partial charge in [-0.05, 0) is 46.6 Å². The number of hydrogen-bond donors (Lipinski definition) is 1. The number of carboxylic acid groups (broad SMARTS) is 1. The number of hydrogen-bond acceptors (Lipinski definition) is 4. The van der Waals surface area contributed by atoms with Crippen LogP contribution in [0.2, 0.25) is 0 Å². The SMILES string of the molecule is CCOc1cc(/C=C/C(=O)O)cc(Br)c1OCC#N. The first kappa shape index (κ1) is 15.1. The van der Waals surface area contributed by atoms with E-state index in [1.54, 1.807) is 12.1 Å². The van der Waals surface area contributed by atoms with E-state index in [1.807, 2.05) is 13.0 Å². The molecular formula is C13H12BrNO4. The second-order valence-electron chi connectivity index (χ2n) is 3.38. The summed E-state index contributed by atoms with van der Waals surface area (Å²) < 4.78 is 11.3. The molecule has 0 aliphatic rings. The summed E-state index contributed by atoms with van der Waals surface area (Å²) >= 11 is 3.31. The second kappa shape index (κ2) is 7.44. The van der Waals surface area contributed by atoms with Gasteiger partial charge in [-0.15, -0.1) is 0 Å². The van der Waals surface area contributed by atoms with Gasteiger partial charge in [-0.2, -0.15) is 5.26 Å². The maximum absolute atomic E-state index is 10.5. The standard InChI is InChI=1S/C13H12BrNO4/c1-2-18-11-8-9(3-4-12(16)17)7-10(14)13(11)19-6-5-15/h3-4,7-8H,2,6H2,1H3,(H,16,17)/b4-3+. The van der Waals surface area contributed by atoms with Crippen molar-refractivity contribution in [1.29, 1.82) is 5.26 Å². The third-order valence-electron chi connectivity index (χ3n) is 2.03. The van der Waals surface area contributed by atoms with Gasteiger partial charge in [0.2, 0.25) is 0 Å². The van der Waals surface area contributed by atoms with Gasteiger partial charge in [0.25, 0.3) is 0 Å². The highest BCUT2D eigenvalue weighted by atomic mass is 79.9. The fourth-order valence-corrected chi connectivity index (χ4v) is 1.93. The molecule has 0 bridgehead atoms. The molecule has 0 aliphatic carbocycles. The molecule has 0 saturated heterocycles. The monoisotopic (exact) mass is 325 g/mol. The molecule has 0 amide bonds. The average molecular weight is 326 g/mol. The van der Waals surface area contributed by atoms with E-state index in [2.05, 4.69) is 15.9 Å². The summed E-state index contributed by atoms with van der Waals surface area (Å²) in [6, 6.07) is 5.22. The Hall–Kier alpha value is -2.00. The molecule has 0 heterocycles. The first-order valence-corrected chi connectivity index (χ1v) is 6.24. The Bertz CT molecular complexity index is 534. The minimum Gasteiger partial charge on any atom is -0.490 e. The van der Waals surface area contributed by atoms with Crippen LogP contribution in [0.25, 0.3) is 6.08 Å². The number of nitrogens with zero attached hydrogens (tertiary/aromatic N) is 1. The quantitative estimate of drug-likeness (QED) is 0.813. The molecule has 1 N–H and O–H groups in total. The van der Waals surface area contributed by atoms with Crippen molar-refractivity contribution in [3.05, 3.63) is 28.2 Å². The fraction of sp³-hybridized carbons (Fsp3) is 0.231. The van der Waals surface area contributed by atoms with Crippen molar-refractivity contribution in [2.24, 2.45) is 0 Å². The Morgan fingerprint density at radius 1 is 1.53 bits per heavy atom. The molecule has 0 unspecified atom stereocenters. The molecule has 19 heavy (non-hydrogen) atoms. The topological polar surface area (TPSA) is 79.6 Å². The van der Waals surface area contributed by atoms with Gasteiger partial charge < -0.3 is 14.6 Å². The Balaban J connectivity index is 3.13. The molecule has 6 heteroatoms. The van der Waals surface area contributed by atoms with Crippen LogP contribution >= 0.6 is 15.9 Å². The van der Waals surface area contributed by atoms with Crippen LogP contribution in [-0.2, 0) is 4.79 Å². The summed E-state index contributed by atoms with van der Waals surface area (Å²) in [4.78, 5) is 10.5. The molecule has 1 aromatic rings. The van der Waals surface area contributed by atoms with Crippen molar-refractivity contribution in [1.82, 2.24) is 0 Å². The summed E-state index contributed by atoms with van der Waals surface area (Å²) in [5.41, 5.74) is 0.655. The third-order valence-corrected chi connectivity index (χ3v) is 2.62. The number of aliphatic carboxylic acids is 1. The second-order valence-corrected chi connectivity index (χ2v) is 4.24. The molecule has 0 radical (unpaired) electrons. The fourth-order valence-electron chi connectivity index (χ4n) is 1.36. The first-order chi connectivity index (χ1) is 9.08. The summed E-state index contributed by atoms with van der Waals surface area (Å²) in [7, 11) is 0. The Kier molecular flexibility index (Phi) is 5.90. The van der Waals surface area contributed by atoms with Crippen LogP contribution in [0, 0.1) is 11.3 Å². The highest BCUT2D eigenvalue weighted by Gasteiger charge is 2.11. The molecule has 5 nitrogen and oxygen atoms in total. The molecular weight excluding hydrogens is 314 g/mol. The molecule has 1 aromatic carbocycles. The van der Waals surface area contributed by atoms with Crippen molar-refractivity contribution in [2.75, 3.05) is 13.2 Å². The van der Waals surface area contributed by atoms with Gasteiger partial charge in [0.1, 0.15) is 6.07 Å². The minimum atomic E-state index is -1.03. The Labute approximate surface area is 119 Å². The number of benzene rings is 1. The van der Waals surface area contributed by atoms with E-state index in [0.29, 0.717) is 28.1 Å². The van der Waals surface area contributed by atoms with E-state index in [1.165, 1.54) is 6.08 Å². The zero-order valence-electron chi connectivity index (χ0n) is 10.2. The lowest BCUT2D eigenvalue weighted by Crippen LogP contribution is -2.00. The molecule has 0 aromatic heterocycles. The number of rotatable bonds is 6. The predicted molar refractivity (Wildman–Crippen MR) is 73.1 cm³/mol. The van der Waals surface area contributed by atoms with Crippen molar-refractivity contribution in [2.45, 2.75) is 6.92 Å². The number of ether oxygens (including phenoxy) is 2. The zero-order chi connectivity index (χ0) is 14.3. The van der Waals surface area contributed by atoms with Crippen LogP contribution in [0.15, 0.2) is 22.7 Å². The number of carboxylic acids is 1. The van der Waals surface area contributed by atoms with Gasteiger partial charge in [0.05, 0.1) is 11.1 Å². The summed E-state index contributed by atoms with van der Waals surface area (Å²) in [6.45, 7) is 2.16. The van der Waals surface area contributed by atoms with Crippen molar-refractivity contribution >= 4 is 28.0 Å². The molecule has 1 rings (SSSR count). The summed E-state index contributed by atoms with van der Waals surface area (Å²) in [5.74, 6) is -0.146. The van der Waals surface area contributed by atoms with E-state index in [-0.39, 0.29) is 6.61 Å². The van der Waals surface area contributed by atoms with Crippen molar-refractivity contribution < 1.29 is 19.4 Å². The predicted octanol–water partition coefficient (Wildman–Crippen LogP) is 2.85. The molecule has 0 fully saturated rings. The highest BCUT2D eigenvalue weighted by molar-refractivity contribution is 9.10. The van der Waals surface area contributed by atoms with Gasteiger partial charge in [-0.3, -0.25) is 0 Å². The van der Waals surface area contributed by atoms with Gasteiger partial charge in [0, 0.05) is 6.08 Å². The van der Waals surface area contributed by atoms with E-state index in [9.17, 15) is 4.79 Å². The first-order valence-electron chi connectivity index (χ1n) is 5.45. The maximum Gasteiger partial charge on any atom is 0.328 e. The molecule has 0 saturated carbocycles. The van der Waals surface area contributed by atoms with Crippen LogP contribution in [-0.4, -0.2) is 24.3 Å². The van der Waals surface area contributed by atoms with E-state index >= 15 is 0 Å². The number of nitriles is 1. The van der Waals surface area contributed by atoms with E-state index in [4.69, 9.17) is 19.8 Å². The number of halogens is 1. The lowest BCUT2D eigenvalue weighted by Gasteiger charge is -2.12. The Morgan fingerprint density at radius 3 is 2.84 bits per heavy atom. The third kappa shape index (κ3) is 4.64. The van der Waals surface area contributed by atoms with Gasteiger partial charge in [-0.1, -0.05) is 0 Å². The van der Waals surface area contributed by atoms with Crippen LogP contribution in [0.5, 0.6) is 11.5 Å². The Morgan fingerprint density at radius 2 is 2.26 bits per heavy atom. The van der Waals surface area contributed by atoms with Crippen LogP contribution in [0.1, 0.15) is 12.5 Å². The van der Waals surface area contributed by atoms with Gasteiger partial charge in [-0.25, -0.2) is 4.79 Å². The largest absolute Gasteiger partial charge is 0.490 e. The zero-order valence-corrected chi connectivity index (χ0v) is 11.8. The minimum absolute atomic E-state index is 0.0943. The van der Waals surface area contributed by atoms with Crippen LogP contribution in [0.3, 0.4) is 0 Å². The lowest BCUT2D eigenvalue weighted by molar-refractivity contribution is -0.131. The van der Waals surface area contributed by atoms with Crippen LogP contribution in [0.4, 0.5) is 0 Å². The van der Waals surface area contributed by atoms with E-state index in [0.717, 1.165) is 6.08 Å². The summed E-state index contributed by atoms with van der Waals surface area (Å²) in [5, 5.41) is 17.1. The lowest BCUT2D eigenvalue weighted by atomic mass is 10.2. The molecule has 0 spiro atoms. The van der Waals surface area contributed by atoms with E-state index < -0.39 is 5.97 Å².